The molecule has 1 aliphatic heterocycles. The molecule has 0 unspecified atom stereocenters. The van der Waals surface area contributed by atoms with Crippen LogP contribution in [-0.4, -0.2) is 65.1 Å². The monoisotopic (exact) mass is 309 g/mol. The molecule has 0 aromatic carbocycles. The van der Waals surface area contributed by atoms with Crippen LogP contribution in [0.15, 0.2) is 18.5 Å². The average molecular weight is 309 g/mol. The number of carbonyl (C=O) groups is 1. The molecule has 0 bridgehead atoms. The third-order valence-electron chi connectivity index (χ3n) is 3.35. The second-order valence-electron chi connectivity index (χ2n) is 4.81. The van der Waals surface area contributed by atoms with Crippen molar-refractivity contribution in [1.82, 2.24) is 20.2 Å². The standard InChI is InChI=1S/C14H23N5OS/c1-2-21-12-4-7-17-14(20)19-10-8-18(9-11-19)13-15-5-3-6-16-13/h3,5-6H,2,4,7-12H2,1H3,(H,17,20). The quantitative estimate of drug-likeness (QED) is 0.806. The summed E-state index contributed by atoms with van der Waals surface area (Å²) in [5.74, 6) is 2.99. The normalized spacial score (nSPS) is 15.1. The summed E-state index contributed by atoms with van der Waals surface area (Å²) in [5, 5.41) is 2.99. The number of nitrogens with zero attached hydrogens (tertiary/aromatic N) is 4. The Hall–Kier alpha value is -1.50. The SMILES string of the molecule is CCSCCCNC(=O)N1CCN(c2ncccn2)CC1. The van der Waals surface area contributed by atoms with Gasteiger partial charge in [-0.1, -0.05) is 6.92 Å². The van der Waals surface area contributed by atoms with E-state index in [4.69, 9.17) is 0 Å². The highest BCUT2D eigenvalue weighted by molar-refractivity contribution is 7.99. The molecule has 1 aliphatic rings. The van der Waals surface area contributed by atoms with Gasteiger partial charge >= 0.3 is 6.03 Å². The van der Waals surface area contributed by atoms with Crippen molar-refractivity contribution in [2.24, 2.45) is 0 Å². The van der Waals surface area contributed by atoms with E-state index < -0.39 is 0 Å². The van der Waals surface area contributed by atoms with Gasteiger partial charge < -0.3 is 15.1 Å². The minimum absolute atomic E-state index is 0.0464. The molecule has 0 atom stereocenters. The van der Waals surface area contributed by atoms with Gasteiger partial charge in [0.25, 0.3) is 0 Å². The largest absolute Gasteiger partial charge is 0.338 e. The summed E-state index contributed by atoms with van der Waals surface area (Å²) in [4.78, 5) is 24.5. The number of carbonyl (C=O) groups excluding carboxylic acids is 1. The van der Waals surface area contributed by atoms with Gasteiger partial charge in [-0.15, -0.1) is 0 Å². The van der Waals surface area contributed by atoms with Gasteiger partial charge in [0.05, 0.1) is 0 Å². The van der Waals surface area contributed by atoms with E-state index in [1.165, 1.54) is 0 Å². The number of amides is 2. The molecule has 2 rings (SSSR count). The number of anilines is 1. The maximum atomic E-state index is 12.0. The Labute approximate surface area is 130 Å². The number of piperazine rings is 1. The third kappa shape index (κ3) is 5.08. The van der Waals surface area contributed by atoms with E-state index in [0.29, 0.717) is 13.1 Å². The Morgan fingerprint density at radius 2 is 2.00 bits per heavy atom. The van der Waals surface area contributed by atoms with Crippen LogP contribution in [0.2, 0.25) is 0 Å². The van der Waals surface area contributed by atoms with Gasteiger partial charge in [0.2, 0.25) is 5.95 Å². The fourth-order valence-corrected chi connectivity index (χ4v) is 2.83. The Morgan fingerprint density at radius 3 is 2.67 bits per heavy atom. The molecule has 0 saturated carbocycles. The van der Waals surface area contributed by atoms with Gasteiger partial charge in [-0.2, -0.15) is 11.8 Å². The molecule has 1 N–H and O–H groups in total. The highest BCUT2D eigenvalue weighted by atomic mass is 32.2. The molecule has 2 amide bonds. The summed E-state index contributed by atoms with van der Waals surface area (Å²) in [5.41, 5.74) is 0. The lowest BCUT2D eigenvalue weighted by molar-refractivity contribution is 0.194. The van der Waals surface area contributed by atoms with Crippen LogP contribution in [0, 0.1) is 0 Å². The molecule has 1 aromatic heterocycles. The first kappa shape index (κ1) is 15.9. The fraction of sp³-hybridized carbons (Fsp3) is 0.643. The van der Waals surface area contributed by atoms with Gasteiger partial charge in [-0.05, 0) is 24.0 Å². The summed E-state index contributed by atoms with van der Waals surface area (Å²) in [6, 6.07) is 1.86. The second kappa shape index (κ2) is 8.71. The van der Waals surface area contributed by atoms with Crippen molar-refractivity contribution in [3.63, 3.8) is 0 Å². The summed E-state index contributed by atoms with van der Waals surface area (Å²) >= 11 is 1.91. The van der Waals surface area contributed by atoms with Crippen LogP contribution in [0.5, 0.6) is 0 Å². The molecule has 1 aromatic rings. The van der Waals surface area contributed by atoms with E-state index in [1.54, 1.807) is 12.4 Å². The lowest BCUT2D eigenvalue weighted by Gasteiger charge is -2.34. The van der Waals surface area contributed by atoms with E-state index in [-0.39, 0.29) is 6.03 Å². The summed E-state index contributed by atoms with van der Waals surface area (Å²) in [6.07, 6.45) is 4.52. The number of thioether (sulfide) groups is 1. The molecule has 0 aliphatic carbocycles. The zero-order valence-electron chi connectivity index (χ0n) is 12.5. The van der Waals surface area contributed by atoms with Crippen molar-refractivity contribution in [2.75, 3.05) is 49.1 Å². The molecule has 6 nitrogen and oxygen atoms in total. The highest BCUT2D eigenvalue weighted by Gasteiger charge is 2.21. The molecule has 1 saturated heterocycles. The number of aromatic nitrogens is 2. The number of rotatable bonds is 6. The Bertz CT molecular complexity index is 423. The Morgan fingerprint density at radius 1 is 1.29 bits per heavy atom. The number of urea groups is 1. The summed E-state index contributed by atoms with van der Waals surface area (Å²) in [7, 11) is 0. The topological polar surface area (TPSA) is 61.4 Å². The molecule has 2 heterocycles. The van der Waals surface area contributed by atoms with Gasteiger partial charge in [0.1, 0.15) is 0 Å². The molecule has 0 spiro atoms. The van der Waals surface area contributed by atoms with Gasteiger partial charge in [0, 0.05) is 45.1 Å². The predicted molar refractivity (Wildman–Crippen MR) is 86.8 cm³/mol. The van der Waals surface area contributed by atoms with E-state index in [0.717, 1.165) is 43.5 Å². The molecule has 21 heavy (non-hydrogen) atoms. The van der Waals surface area contributed by atoms with E-state index in [9.17, 15) is 4.79 Å². The van der Waals surface area contributed by atoms with Crippen LogP contribution in [0.3, 0.4) is 0 Å². The maximum Gasteiger partial charge on any atom is 0.317 e. The highest BCUT2D eigenvalue weighted by Crippen LogP contribution is 2.09. The van der Waals surface area contributed by atoms with Gasteiger partial charge in [0.15, 0.2) is 0 Å². The zero-order chi connectivity index (χ0) is 14.9. The van der Waals surface area contributed by atoms with Crippen LogP contribution in [-0.2, 0) is 0 Å². The summed E-state index contributed by atoms with van der Waals surface area (Å²) < 4.78 is 0. The molecule has 1 fully saturated rings. The predicted octanol–water partition coefficient (Wildman–Crippen LogP) is 1.45. The molecule has 0 radical (unpaired) electrons. The Kier molecular flexibility index (Phi) is 6.59. The van der Waals surface area contributed by atoms with E-state index >= 15 is 0 Å². The van der Waals surface area contributed by atoms with Gasteiger partial charge in [-0.3, -0.25) is 0 Å². The van der Waals surface area contributed by atoms with Crippen molar-refractivity contribution in [3.8, 4) is 0 Å². The first-order valence-corrected chi connectivity index (χ1v) is 8.59. The smallest absolute Gasteiger partial charge is 0.317 e. The first-order valence-electron chi connectivity index (χ1n) is 7.43. The Balaban J connectivity index is 1.67. The first-order chi connectivity index (χ1) is 10.3. The second-order valence-corrected chi connectivity index (χ2v) is 6.20. The number of hydrogen-bond acceptors (Lipinski definition) is 5. The van der Waals surface area contributed by atoms with Crippen molar-refractivity contribution in [3.05, 3.63) is 18.5 Å². The lowest BCUT2D eigenvalue weighted by atomic mass is 10.3. The van der Waals surface area contributed by atoms with Crippen molar-refractivity contribution < 1.29 is 4.79 Å². The number of hydrogen-bond donors (Lipinski definition) is 1. The van der Waals surface area contributed by atoms with Gasteiger partial charge in [-0.25, -0.2) is 14.8 Å². The third-order valence-corrected chi connectivity index (χ3v) is 4.33. The van der Waals surface area contributed by atoms with Crippen LogP contribution >= 0.6 is 11.8 Å². The average Bonchev–Trinajstić information content (AvgIpc) is 2.55. The van der Waals surface area contributed by atoms with E-state index in [2.05, 4.69) is 27.1 Å². The van der Waals surface area contributed by atoms with Crippen LogP contribution in [0.4, 0.5) is 10.7 Å². The van der Waals surface area contributed by atoms with Crippen molar-refractivity contribution in [2.45, 2.75) is 13.3 Å². The minimum atomic E-state index is 0.0464. The zero-order valence-corrected chi connectivity index (χ0v) is 13.3. The minimum Gasteiger partial charge on any atom is -0.338 e. The van der Waals surface area contributed by atoms with Crippen molar-refractivity contribution in [1.29, 1.82) is 0 Å². The summed E-state index contributed by atoms with van der Waals surface area (Å²) in [6.45, 7) is 5.90. The molecule has 116 valence electrons. The van der Waals surface area contributed by atoms with Crippen LogP contribution < -0.4 is 10.2 Å². The molecular formula is C14H23N5OS. The number of nitrogens with one attached hydrogen (secondary N) is 1. The van der Waals surface area contributed by atoms with Crippen LogP contribution in [0.1, 0.15) is 13.3 Å². The maximum absolute atomic E-state index is 12.0. The van der Waals surface area contributed by atoms with E-state index in [1.807, 2.05) is 22.7 Å². The fourth-order valence-electron chi connectivity index (χ4n) is 2.19. The van der Waals surface area contributed by atoms with Crippen molar-refractivity contribution >= 4 is 23.7 Å². The van der Waals surface area contributed by atoms with Crippen LogP contribution in [0.25, 0.3) is 0 Å². The molecular weight excluding hydrogens is 286 g/mol. The lowest BCUT2D eigenvalue weighted by Crippen LogP contribution is -2.52. The molecule has 7 heteroatoms.